The molecule has 5 heteroatoms. The van der Waals surface area contributed by atoms with Gasteiger partial charge in [0, 0.05) is 19.7 Å². The van der Waals surface area contributed by atoms with Crippen LogP contribution in [0.15, 0.2) is 0 Å². The SMILES string of the molecule is CC(C)(C)OC(=O)N1CCC(OCCCN2CCCCC2)C1. The molecule has 2 heterocycles. The van der Waals surface area contributed by atoms with Crippen LogP contribution >= 0.6 is 0 Å². The zero-order valence-electron chi connectivity index (χ0n) is 14.5. The van der Waals surface area contributed by atoms with Crippen molar-refractivity contribution in [3.05, 3.63) is 0 Å². The minimum atomic E-state index is -0.426. The lowest BCUT2D eigenvalue weighted by Gasteiger charge is -2.26. The molecular weight excluding hydrogens is 280 g/mol. The molecule has 5 nitrogen and oxygen atoms in total. The molecule has 2 rings (SSSR count). The molecule has 0 saturated carbocycles. The zero-order valence-corrected chi connectivity index (χ0v) is 14.5. The van der Waals surface area contributed by atoms with Crippen molar-refractivity contribution < 1.29 is 14.3 Å². The smallest absolute Gasteiger partial charge is 0.410 e. The number of piperidine rings is 1. The molecule has 0 N–H and O–H groups in total. The van der Waals surface area contributed by atoms with E-state index in [1.54, 1.807) is 4.90 Å². The van der Waals surface area contributed by atoms with Gasteiger partial charge in [-0.2, -0.15) is 0 Å². The maximum Gasteiger partial charge on any atom is 0.410 e. The minimum absolute atomic E-state index is 0.175. The summed E-state index contributed by atoms with van der Waals surface area (Å²) in [6.45, 7) is 11.5. The summed E-state index contributed by atoms with van der Waals surface area (Å²) >= 11 is 0. The largest absolute Gasteiger partial charge is 0.444 e. The quantitative estimate of drug-likeness (QED) is 0.732. The summed E-state index contributed by atoms with van der Waals surface area (Å²) in [5.74, 6) is 0. The lowest BCUT2D eigenvalue weighted by atomic mass is 10.1. The summed E-state index contributed by atoms with van der Waals surface area (Å²) in [7, 11) is 0. The van der Waals surface area contributed by atoms with Gasteiger partial charge in [0.25, 0.3) is 0 Å². The van der Waals surface area contributed by atoms with E-state index in [0.717, 1.165) is 32.5 Å². The Hall–Kier alpha value is -0.810. The van der Waals surface area contributed by atoms with Crippen LogP contribution < -0.4 is 0 Å². The number of carbonyl (C=O) groups excluding carboxylic acids is 1. The molecule has 1 unspecified atom stereocenters. The number of amides is 1. The second-order valence-electron chi connectivity index (χ2n) is 7.46. The predicted octanol–water partition coefficient (Wildman–Crippen LogP) is 2.89. The van der Waals surface area contributed by atoms with Crippen LogP contribution in [0, 0.1) is 0 Å². The lowest BCUT2D eigenvalue weighted by molar-refractivity contribution is 0.0199. The van der Waals surface area contributed by atoms with E-state index in [1.807, 2.05) is 20.8 Å². The van der Waals surface area contributed by atoms with Gasteiger partial charge in [0.1, 0.15) is 5.60 Å². The topological polar surface area (TPSA) is 42.0 Å². The van der Waals surface area contributed by atoms with E-state index in [0.29, 0.717) is 6.54 Å². The minimum Gasteiger partial charge on any atom is -0.444 e. The Morgan fingerprint density at radius 2 is 1.86 bits per heavy atom. The predicted molar refractivity (Wildman–Crippen MR) is 87.1 cm³/mol. The fourth-order valence-corrected chi connectivity index (χ4v) is 3.08. The summed E-state index contributed by atoms with van der Waals surface area (Å²) in [5, 5.41) is 0. The summed E-state index contributed by atoms with van der Waals surface area (Å²) in [6, 6.07) is 0. The average molecular weight is 312 g/mol. The van der Waals surface area contributed by atoms with Gasteiger partial charge < -0.3 is 19.3 Å². The molecule has 22 heavy (non-hydrogen) atoms. The van der Waals surface area contributed by atoms with Gasteiger partial charge in [-0.1, -0.05) is 6.42 Å². The summed E-state index contributed by atoms with van der Waals surface area (Å²) < 4.78 is 11.3. The molecule has 0 aliphatic carbocycles. The first-order chi connectivity index (χ1) is 10.4. The molecule has 0 aromatic carbocycles. The fraction of sp³-hybridized carbons (Fsp3) is 0.941. The van der Waals surface area contributed by atoms with Crippen molar-refractivity contribution in [2.75, 3.05) is 39.3 Å². The molecular formula is C17H32N2O3. The molecule has 0 aromatic rings. The maximum atomic E-state index is 12.0. The summed E-state index contributed by atoms with van der Waals surface area (Å²) in [6.07, 6.45) is 6.03. The standard InChI is InChI=1S/C17H32N2O3/c1-17(2,3)22-16(20)19-12-8-15(14-19)21-13-7-11-18-9-5-4-6-10-18/h15H,4-14H2,1-3H3. The van der Waals surface area contributed by atoms with E-state index in [1.165, 1.54) is 32.4 Å². The Bertz CT molecular complexity index is 348. The van der Waals surface area contributed by atoms with Gasteiger partial charge in [-0.25, -0.2) is 4.79 Å². The van der Waals surface area contributed by atoms with Crippen molar-refractivity contribution in [3.63, 3.8) is 0 Å². The van der Waals surface area contributed by atoms with Crippen molar-refractivity contribution in [2.45, 2.75) is 64.6 Å². The van der Waals surface area contributed by atoms with Crippen LogP contribution in [0.5, 0.6) is 0 Å². The van der Waals surface area contributed by atoms with Crippen LogP contribution in [0.4, 0.5) is 4.79 Å². The Labute approximate surface area is 134 Å². The van der Waals surface area contributed by atoms with Crippen LogP contribution in [0.25, 0.3) is 0 Å². The molecule has 128 valence electrons. The molecule has 2 aliphatic heterocycles. The first-order valence-electron chi connectivity index (χ1n) is 8.76. The highest BCUT2D eigenvalue weighted by atomic mass is 16.6. The third kappa shape index (κ3) is 6.13. The van der Waals surface area contributed by atoms with E-state index >= 15 is 0 Å². The van der Waals surface area contributed by atoms with Gasteiger partial charge in [0.2, 0.25) is 0 Å². The molecule has 0 radical (unpaired) electrons. The molecule has 1 atom stereocenters. The van der Waals surface area contributed by atoms with Crippen molar-refractivity contribution >= 4 is 6.09 Å². The van der Waals surface area contributed by atoms with Gasteiger partial charge in [-0.05, 0) is 59.5 Å². The normalized spacial score (nSPS) is 23.8. The van der Waals surface area contributed by atoms with E-state index in [9.17, 15) is 4.79 Å². The van der Waals surface area contributed by atoms with E-state index in [2.05, 4.69) is 4.90 Å². The highest BCUT2D eigenvalue weighted by molar-refractivity contribution is 5.68. The monoisotopic (exact) mass is 312 g/mol. The number of hydrogen-bond donors (Lipinski definition) is 0. The van der Waals surface area contributed by atoms with Gasteiger partial charge in [-0.15, -0.1) is 0 Å². The van der Waals surface area contributed by atoms with Gasteiger partial charge in [-0.3, -0.25) is 0 Å². The highest BCUT2D eigenvalue weighted by Gasteiger charge is 2.30. The number of likely N-dealkylation sites (tertiary alicyclic amines) is 2. The Morgan fingerprint density at radius 1 is 1.14 bits per heavy atom. The molecule has 0 bridgehead atoms. The number of nitrogens with zero attached hydrogens (tertiary/aromatic N) is 2. The number of hydrogen-bond acceptors (Lipinski definition) is 4. The van der Waals surface area contributed by atoms with E-state index in [-0.39, 0.29) is 12.2 Å². The van der Waals surface area contributed by atoms with Gasteiger partial charge in [0.15, 0.2) is 0 Å². The number of ether oxygens (including phenoxy) is 2. The third-order valence-electron chi connectivity index (χ3n) is 4.22. The van der Waals surface area contributed by atoms with Crippen LogP contribution in [0.2, 0.25) is 0 Å². The zero-order chi connectivity index (χ0) is 16.0. The van der Waals surface area contributed by atoms with Crippen molar-refractivity contribution in [3.8, 4) is 0 Å². The van der Waals surface area contributed by atoms with Crippen molar-refractivity contribution in [1.29, 1.82) is 0 Å². The molecule has 0 aromatic heterocycles. The first kappa shape index (κ1) is 17.5. The van der Waals surface area contributed by atoms with Crippen LogP contribution in [-0.4, -0.2) is 66.9 Å². The van der Waals surface area contributed by atoms with Crippen LogP contribution in [0.3, 0.4) is 0 Å². The molecule has 2 saturated heterocycles. The molecule has 2 aliphatic rings. The van der Waals surface area contributed by atoms with Crippen LogP contribution in [-0.2, 0) is 9.47 Å². The van der Waals surface area contributed by atoms with Crippen molar-refractivity contribution in [1.82, 2.24) is 9.80 Å². The Balaban J connectivity index is 1.57. The Morgan fingerprint density at radius 3 is 2.55 bits per heavy atom. The lowest BCUT2D eigenvalue weighted by Crippen LogP contribution is -2.36. The fourth-order valence-electron chi connectivity index (χ4n) is 3.08. The van der Waals surface area contributed by atoms with Gasteiger partial charge in [0.05, 0.1) is 12.6 Å². The summed E-state index contributed by atoms with van der Waals surface area (Å²) in [5.41, 5.74) is -0.426. The average Bonchev–Trinajstić information content (AvgIpc) is 2.92. The number of rotatable bonds is 5. The number of carbonyl (C=O) groups is 1. The third-order valence-corrected chi connectivity index (χ3v) is 4.22. The first-order valence-corrected chi connectivity index (χ1v) is 8.76. The highest BCUT2D eigenvalue weighted by Crippen LogP contribution is 2.17. The molecule has 1 amide bonds. The van der Waals surface area contributed by atoms with Gasteiger partial charge >= 0.3 is 6.09 Å². The Kier molecular flexibility index (Phi) is 6.50. The summed E-state index contributed by atoms with van der Waals surface area (Å²) in [4.78, 5) is 16.3. The second kappa shape index (κ2) is 8.16. The molecule has 0 spiro atoms. The van der Waals surface area contributed by atoms with E-state index in [4.69, 9.17) is 9.47 Å². The van der Waals surface area contributed by atoms with Crippen molar-refractivity contribution in [2.24, 2.45) is 0 Å². The maximum absolute atomic E-state index is 12.0. The second-order valence-corrected chi connectivity index (χ2v) is 7.46. The van der Waals surface area contributed by atoms with E-state index < -0.39 is 5.60 Å². The molecule has 2 fully saturated rings. The van der Waals surface area contributed by atoms with Crippen LogP contribution in [0.1, 0.15) is 52.9 Å².